The number of amides is 2. The predicted octanol–water partition coefficient (Wildman–Crippen LogP) is 1.52. The number of aromatic nitrogens is 3. The Kier molecular flexibility index (Phi) is 5.73. The summed E-state index contributed by atoms with van der Waals surface area (Å²) in [6.07, 6.45) is 3.46. The van der Waals surface area contributed by atoms with Crippen molar-refractivity contribution in [1.82, 2.24) is 20.1 Å². The highest BCUT2D eigenvalue weighted by Gasteiger charge is 2.14. The number of rotatable bonds is 7. The Morgan fingerprint density at radius 3 is 3.00 bits per heavy atom. The van der Waals surface area contributed by atoms with E-state index < -0.39 is 5.91 Å². The largest absolute Gasteiger partial charge is 0.357 e. The van der Waals surface area contributed by atoms with Gasteiger partial charge in [0.25, 0.3) is 5.91 Å². The van der Waals surface area contributed by atoms with E-state index in [-0.39, 0.29) is 11.7 Å². The lowest BCUT2D eigenvalue weighted by molar-refractivity contribution is -0.117. The Labute approximate surface area is 135 Å². The Morgan fingerprint density at radius 2 is 2.32 bits per heavy atom. The number of carbonyl (C=O) groups is 2. The van der Waals surface area contributed by atoms with Crippen LogP contribution in [0.25, 0.3) is 0 Å². The van der Waals surface area contributed by atoms with E-state index in [2.05, 4.69) is 27.4 Å². The molecule has 7 nitrogen and oxygen atoms in total. The molecule has 0 aliphatic carbocycles. The first-order valence-electron chi connectivity index (χ1n) is 6.36. The molecule has 0 spiro atoms. The molecule has 2 aromatic heterocycles. The van der Waals surface area contributed by atoms with Gasteiger partial charge in [0.15, 0.2) is 4.34 Å². The summed E-state index contributed by atoms with van der Waals surface area (Å²) in [5.74, 6) is -0.678. The highest BCUT2D eigenvalue weighted by Crippen LogP contribution is 2.25. The van der Waals surface area contributed by atoms with Crippen LogP contribution < -0.4 is 10.6 Å². The lowest BCUT2D eigenvalue weighted by atomic mass is 10.4. The van der Waals surface area contributed by atoms with Gasteiger partial charge in [0.1, 0.15) is 5.69 Å². The molecule has 0 aliphatic heterocycles. The van der Waals surface area contributed by atoms with Gasteiger partial charge in [-0.25, -0.2) is 0 Å². The van der Waals surface area contributed by atoms with E-state index in [9.17, 15) is 9.59 Å². The number of hydrogen-bond acceptors (Lipinski definition) is 7. The maximum atomic E-state index is 11.9. The Morgan fingerprint density at radius 1 is 1.50 bits per heavy atom. The van der Waals surface area contributed by atoms with Gasteiger partial charge in [0.05, 0.1) is 5.75 Å². The molecule has 2 N–H and O–H groups in total. The third kappa shape index (κ3) is 4.43. The molecule has 2 aromatic rings. The van der Waals surface area contributed by atoms with Crippen molar-refractivity contribution >= 4 is 40.0 Å². The van der Waals surface area contributed by atoms with Gasteiger partial charge in [0.2, 0.25) is 11.0 Å². The van der Waals surface area contributed by atoms with Crippen LogP contribution in [0.5, 0.6) is 0 Å². The molecule has 0 saturated heterocycles. The summed E-state index contributed by atoms with van der Waals surface area (Å²) in [5, 5.41) is 13.9. The first-order chi connectivity index (χ1) is 10.6. The van der Waals surface area contributed by atoms with E-state index in [4.69, 9.17) is 0 Å². The topological polar surface area (TPSA) is 88.9 Å². The van der Waals surface area contributed by atoms with Crippen molar-refractivity contribution < 1.29 is 9.59 Å². The highest BCUT2D eigenvalue weighted by atomic mass is 32.2. The molecule has 0 aromatic carbocycles. The van der Waals surface area contributed by atoms with Crippen LogP contribution in [0.15, 0.2) is 35.3 Å². The molecular formula is C13H15N5O2S2. The molecule has 0 atom stereocenters. The third-order valence-corrected chi connectivity index (χ3v) is 4.57. The molecule has 0 aliphatic rings. The van der Waals surface area contributed by atoms with Crippen molar-refractivity contribution in [2.45, 2.75) is 4.34 Å². The van der Waals surface area contributed by atoms with Gasteiger partial charge in [-0.3, -0.25) is 14.9 Å². The molecule has 116 valence electrons. The molecule has 2 heterocycles. The van der Waals surface area contributed by atoms with Gasteiger partial charge in [-0.2, -0.15) is 0 Å². The minimum absolute atomic E-state index is 0.103. The standard InChI is InChI=1S/C13H15N5O2S2/c1-3-6-14-12-16-17-13(22-12)21-8-10(19)15-11(20)9-5-4-7-18(9)2/h3-5,7H,1,6,8H2,2H3,(H,14,16)(H,15,19,20). The fourth-order valence-electron chi connectivity index (χ4n) is 1.55. The summed E-state index contributed by atoms with van der Waals surface area (Å²) in [5.41, 5.74) is 0.435. The van der Waals surface area contributed by atoms with Crippen LogP contribution in [0.2, 0.25) is 0 Å². The van der Waals surface area contributed by atoms with Gasteiger partial charge >= 0.3 is 0 Å². The van der Waals surface area contributed by atoms with Crippen LogP contribution in [0.4, 0.5) is 5.13 Å². The number of thioether (sulfide) groups is 1. The first-order valence-corrected chi connectivity index (χ1v) is 8.17. The number of imide groups is 1. The van der Waals surface area contributed by atoms with Crippen molar-refractivity contribution in [2.75, 3.05) is 17.6 Å². The first kappa shape index (κ1) is 16.2. The second kappa shape index (κ2) is 7.76. The van der Waals surface area contributed by atoms with Gasteiger partial charge < -0.3 is 9.88 Å². The smallest absolute Gasteiger partial charge is 0.274 e. The molecular weight excluding hydrogens is 322 g/mol. The number of nitrogens with one attached hydrogen (secondary N) is 2. The molecule has 2 rings (SSSR count). The van der Waals surface area contributed by atoms with E-state index in [0.717, 1.165) is 0 Å². The zero-order chi connectivity index (χ0) is 15.9. The summed E-state index contributed by atoms with van der Waals surface area (Å²) in [4.78, 5) is 23.6. The van der Waals surface area contributed by atoms with Crippen molar-refractivity contribution in [3.8, 4) is 0 Å². The summed E-state index contributed by atoms with van der Waals surface area (Å²) in [7, 11) is 1.74. The average Bonchev–Trinajstić information content (AvgIpc) is 3.11. The van der Waals surface area contributed by atoms with Gasteiger partial charge in [-0.15, -0.1) is 16.8 Å². The minimum Gasteiger partial charge on any atom is -0.357 e. The van der Waals surface area contributed by atoms with Crippen LogP contribution >= 0.6 is 23.1 Å². The molecule has 9 heteroatoms. The Hall–Kier alpha value is -2.13. The minimum atomic E-state index is -0.413. The zero-order valence-corrected chi connectivity index (χ0v) is 13.5. The molecule has 0 radical (unpaired) electrons. The summed E-state index contributed by atoms with van der Waals surface area (Å²) in [6, 6.07) is 3.39. The number of hydrogen-bond donors (Lipinski definition) is 2. The van der Waals surface area contributed by atoms with E-state index in [1.165, 1.54) is 23.1 Å². The maximum absolute atomic E-state index is 11.9. The number of carbonyl (C=O) groups excluding carboxylic acids is 2. The quantitative estimate of drug-likeness (QED) is 0.588. The molecule has 0 fully saturated rings. The molecule has 2 amide bonds. The maximum Gasteiger partial charge on any atom is 0.274 e. The van der Waals surface area contributed by atoms with E-state index in [1.807, 2.05) is 0 Å². The molecule has 0 saturated carbocycles. The number of aryl methyl sites for hydroxylation is 1. The highest BCUT2D eigenvalue weighted by molar-refractivity contribution is 8.01. The predicted molar refractivity (Wildman–Crippen MR) is 87.2 cm³/mol. The number of anilines is 1. The monoisotopic (exact) mass is 337 g/mol. The van der Waals surface area contributed by atoms with Crippen LogP contribution in [-0.2, 0) is 11.8 Å². The lowest BCUT2D eigenvalue weighted by Crippen LogP contribution is -2.32. The summed E-state index contributed by atoms with van der Waals surface area (Å²) >= 11 is 2.58. The normalized spacial score (nSPS) is 10.2. The second-order valence-electron chi connectivity index (χ2n) is 4.21. The van der Waals surface area contributed by atoms with Crippen LogP contribution in [-0.4, -0.2) is 38.9 Å². The Balaban J connectivity index is 1.80. The summed E-state index contributed by atoms with van der Waals surface area (Å²) in [6.45, 7) is 4.20. The third-order valence-electron chi connectivity index (χ3n) is 2.56. The Bertz CT molecular complexity index is 680. The van der Waals surface area contributed by atoms with Crippen molar-refractivity contribution in [2.24, 2.45) is 7.05 Å². The zero-order valence-electron chi connectivity index (χ0n) is 11.9. The second-order valence-corrected chi connectivity index (χ2v) is 6.41. The van der Waals surface area contributed by atoms with Gasteiger partial charge in [0, 0.05) is 19.8 Å². The number of nitrogens with zero attached hydrogens (tertiary/aromatic N) is 3. The van der Waals surface area contributed by atoms with E-state index >= 15 is 0 Å². The molecule has 0 unspecified atom stereocenters. The van der Waals surface area contributed by atoms with E-state index in [0.29, 0.717) is 21.7 Å². The SMILES string of the molecule is C=CCNc1nnc(SCC(=O)NC(=O)c2cccn2C)s1. The molecule has 0 bridgehead atoms. The van der Waals surface area contributed by atoms with Gasteiger partial charge in [-0.1, -0.05) is 29.2 Å². The fraction of sp³-hybridized carbons (Fsp3) is 0.231. The fourth-order valence-corrected chi connectivity index (χ4v) is 3.11. The van der Waals surface area contributed by atoms with Crippen LogP contribution in [0, 0.1) is 0 Å². The van der Waals surface area contributed by atoms with Gasteiger partial charge in [-0.05, 0) is 12.1 Å². The molecule has 22 heavy (non-hydrogen) atoms. The lowest BCUT2D eigenvalue weighted by Gasteiger charge is -2.04. The van der Waals surface area contributed by atoms with Crippen molar-refractivity contribution in [3.63, 3.8) is 0 Å². The van der Waals surface area contributed by atoms with Crippen molar-refractivity contribution in [1.29, 1.82) is 0 Å². The average molecular weight is 337 g/mol. The summed E-state index contributed by atoms with van der Waals surface area (Å²) < 4.78 is 2.31. The van der Waals surface area contributed by atoms with Crippen molar-refractivity contribution in [3.05, 3.63) is 36.7 Å². The van der Waals surface area contributed by atoms with E-state index in [1.54, 1.807) is 36.0 Å². The van der Waals surface area contributed by atoms with Crippen LogP contribution in [0.3, 0.4) is 0 Å². The van der Waals surface area contributed by atoms with Crippen LogP contribution in [0.1, 0.15) is 10.5 Å².